The van der Waals surface area contributed by atoms with Gasteiger partial charge in [-0.25, -0.2) is 4.39 Å². The van der Waals surface area contributed by atoms with Gasteiger partial charge in [-0.3, -0.25) is 0 Å². The first-order chi connectivity index (χ1) is 5.77. The minimum Gasteiger partial charge on any atom is -0.312 e. The van der Waals surface area contributed by atoms with E-state index in [1.807, 2.05) is 13.0 Å². The molecule has 1 aromatic rings. The van der Waals surface area contributed by atoms with Gasteiger partial charge in [0.15, 0.2) is 0 Å². The maximum atomic E-state index is 13.1. The van der Waals surface area contributed by atoms with Crippen LogP contribution in [0.4, 0.5) is 4.39 Å². The number of aryl methyl sites for hydroxylation is 1. The minimum absolute atomic E-state index is 0.0735. The van der Waals surface area contributed by atoms with Crippen molar-refractivity contribution in [3.05, 3.63) is 34.6 Å². The van der Waals surface area contributed by atoms with E-state index in [-0.39, 0.29) is 5.82 Å². The quantitative estimate of drug-likeness (QED) is 0.618. The molecule has 2 rings (SSSR count). The summed E-state index contributed by atoms with van der Waals surface area (Å²) in [6, 6.07) is 3.61. The normalized spacial score (nSPS) is 15.8. The molecule has 2 heteroatoms. The number of fused-ring (bicyclic) bond motifs is 1. The van der Waals surface area contributed by atoms with Crippen LogP contribution in [0.15, 0.2) is 12.1 Å². The first-order valence-corrected chi connectivity index (χ1v) is 4.26. The Morgan fingerprint density at radius 2 is 2.17 bits per heavy atom. The third-order valence-electron chi connectivity index (χ3n) is 2.37. The zero-order valence-corrected chi connectivity index (χ0v) is 7.15. The van der Waals surface area contributed by atoms with E-state index in [1.54, 1.807) is 6.07 Å². The molecule has 1 N–H and O–H groups in total. The SMILES string of the molecule is Cc1cc2c(cc1F)CCNC2. The van der Waals surface area contributed by atoms with Gasteiger partial charge in [0.2, 0.25) is 0 Å². The Morgan fingerprint density at radius 3 is 3.00 bits per heavy atom. The lowest BCUT2D eigenvalue weighted by Crippen LogP contribution is -2.23. The highest BCUT2D eigenvalue weighted by atomic mass is 19.1. The van der Waals surface area contributed by atoms with Crippen molar-refractivity contribution in [2.24, 2.45) is 0 Å². The Kier molecular flexibility index (Phi) is 1.85. The van der Waals surface area contributed by atoms with E-state index in [4.69, 9.17) is 0 Å². The van der Waals surface area contributed by atoms with Crippen LogP contribution in [-0.2, 0) is 13.0 Å². The van der Waals surface area contributed by atoms with E-state index in [9.17, 15) is 4.39 Å². The van der Waals surface area contributed by atoms with Crippen LogP contribution in [0.3, 0.4) is 0 Å². The first kappa shape index (κ1) is 7.74. The molecule has 64 valence electrons. The minimum atomic E-state index is -0.0735. The molecule has 1 nitrogen and oxygen atoms in total. The van der Waals surface area contributed by atoms with Crippen LogP contribution in [-0.4, -0.2) is 6.54 Å². The van der Waals surface area contributed by atoms with Gasteiger partial charge in [0, 0.05) is 6.54 Å². The van der Waals surface area contributed by atoms with Crippen molar-refractivity contribution in [1.29, 1.82) is 0 Å². The van der Waals surface area contributed by atoms with Gasteiger partial charge in [-0.05, 0) is 42.6 Å². The molecular formula is C10H12FN. The Balaban J connectivity index is 2.49. The number of hydrogen-bond acceptors (Lipinski definition) is 1. The monoisotopic (exact) mass is 165 g/mol. The molecule has 0 fully saturated rings. The van der Waals surface area contributed by atoms with Crippen molar-refractivity contribution in [3.8, 4) is 0 Å². The predicted octanol–water partition coefficient (Wildman–Crippen LogP) is 1.78. The summed E-state index contributed by atoms with van der Waals surface area (Å²) in [4.78, 5) is 0. The summed E-state index contributed by atoms with van der Waals surface area (Å²) >= 11 is 0. The largest absolute Gasteiger partial charge is 0.312 e. The smallest absolute Gasteiger partial charge is 0.126 e. The van der Waals surface area contributed by atoms with E-state index < -0.39 is 0 Å². The van der Waals surface area contributed by atoms with Crippen LogP contribution < -0.4 is 5.32 Å². The number of nitrogens with one attached hydrogen (secondary N) is 1. The van der Waals surface area contributed by atoms with Crippen molar-refractivity contribution in [3.63, 3.8) is 0 Å². The second-order valence-corrected chi connectivity index (χ2v) is 3.30. The molecule has 0 spiro atoms. The highest BCUT2D eigenvalue weighted by Crippen LogP contribution is 2.18. The van der Waals surface area contributed by atoms with Crippen molar-refractivity contribution in [1.82, 2.24) is 5.32 Å². The van der Waals surface area contributed by atoms with Crippen LogP contribution in [0.5, 0.6) is 0 Å². The fourth-order valence-electron chi connectivity index (χ4n) is 1.63. The second kappa shape index (κ2) is 2.87. The predicted molar refractivity (Wildman–Crippen MR) is 46.5 cm³/mol. The maximum Gasteiger partial charge on any atom is 0.126 e. The van der Waals surface area contributed by atoms with E-state index in [0.717, 1.165) is 30.6 Å². The molecule has 1 aliphatic rings. The molecule has 0 amide bonds. The van der Waals surface area contributed by atoms with Crippen LogP contribution >= 0.6 is 0 Å². The fourth-order valence-corrected chi connectivity index (χ4v) is 1.63. The molecule has 12 heavy (non-hydrogen) atoms. The van der Waals surface area contributed by atoms with E-state index in [2.05, 4.69) is 5.32 Å². The molecule has 0 unspecified atom stereocenters. The van der Waals surface area contributed by atoms with Gasteiger partial charge < -0.3 is 5.32 Å². The van der Waals surface area contributed by atoms with Crippen molar-refractivity contribution in [2.75, 3.05) is 6.54 Å². The molecule has 0 saturated heterocycles. The Hall–Kier alpha value is -0.890. The first-order valence-electron chi connectivity index (χ1n) is 4.26. The Bertz CT molecular complexity index is 276. The van der Waals surface area contributed by atoms with E-state index in [0.29, 0.717) is 0 Å². The lowest BCUT2D eigenvalue weighted by atomic mass is 9.99. The average Bonchev–Trinajstić information content (AvgIpc) is 2.07. The van der Waals surface area contributed by atoms with Crippen LogP contribution in [0.25, 0.3) is 0 Å². The van der Waals surface area contributed by atoms with E-state index in [1.165, 1.54) is 5.56 Å². The Morgan fingerprint density at radius 1 is 1.33 bits per heavy atom. The third kappa shape index (κ3) is 1.23. The average molecular weight is 165 g/mol. The summed E-state index contributed by atoms with van der Waals surface area (Å²) in [6.45, 7) is 3.66. The number of hydrogen-bond donors (Lipinski definition) is 1. The molecule has 0 saturated carbocycles. The molecule has 0 atom stereocenters. The lowest BCUT2D eigenvalue weighted by Gasteiger charge is -2.17. The summed E-state index contributed by atoms with van der Waals surface area (Å²) in [5, 5.41) is 3.27. The zero-order valence-electron chi connectivity index (χ0n) is 7.15. The van der Waals surface area contributed by atoms with Crippen LogP contribution in [0, 0.1) is 12.7 Å². The second-order valence-electron chi connectivity index (χ2n) is 3.30. The van der Waals surface area contributed by atoms with Gasteiger partial charge in [-0.1, -0.05) is 6.07 Å². The van der Waals surface area contributed by atoms with E-state index >= 15 is 0 Å². The lowest BCUT2D eigenvalue weighted by molar-refractivity contribution is 0.598. The summed E-state index contributed by atoms with van der Waals surface area (Å²) in [7, 11) is 0. The highest BCUT2D eigenvalue weighted by Gasteiger charge is 2.10. The summed E-state index contributed by atoms with van der Waals surface area (Å²) in [5.41, 5.74) is 3.16. The summed E-state index contributed by atoms with van der Waals surface area (Å²) in [5.74, 6) is -0.0735. The van der Waals surface area contributed by atoms with Crippen molar-refractivity contribution < 1.29 is 4.39 Å². The molecule has 0 aromatic heterocycles. The zero-order chi connectivity index (χ0) is 8.55. The molecule has 1 aliphatic heterocycles. The topological polar surface area (TPSA) is 12.0 Å². The van der Waals surface area contributed by atoms with Gasteiger partial charge in [-0.2, -0.15) is 0 Å². The maximum absolute atomic E-state index is 13.1. The van der Waals surface area contributed by atoms with Crippen molar-refractivity contribution >= 4 is 0 Å². The summed E-state index contributed by atoms with van der Waals surface area (Å²) < 4.78 is 13.1. The van der Waals surface area contributed by atoms with Gasteiger partial charge in [-0.15, -0.1) is 0 Å². The number of rotatable bonds is 0. The highest BCUT2D eigenvalue weighted by molar-refractivity contribution is 5.34. The van der Waals surface area contributed by atoms with Gasteiger partial charge in [0.05, 0.1) is 0 Å². The fraction of sp³-hybridized carbons (Fsp3) is 0.400. The van der Waals surface area contributed by atoms with Crippen LogP contribution in [0.1, 0.15) is 16.7 Å². The molecule has 1 heterocycles. The molecule has 0 radical (unpaired) electrons. The van der Waals surface area contributed by atoms with Crippen LogP contribution in [0.2, 0.25) is 0 Å². The summed E-state index contributed by atoms with van der Waals surface area (Å²) in [6.07, 6.45) is 0.951. The standard InChI is InChI=1S/C10H12FN/c1-7-4-9-6-12-3-2-8(9)5-10(7)11/h4-5,12H,2-3,6H2,1H3. The molecule has 0 aliphatic carbocycles. The number of benzene rings is 1. The van der Waals surface area contributed by atoms with Gasteiger partial charge in [0.1, 0.15) is 5.82 Å². The van der Waals surface area contributed by atoms with Gasteiger partial charge >= 0.3 is 0 Å². The molecule has 1 aromatic carbocycles. The molecular weight excluding hydrogens is 153 g/mol. The van der Waals surface area contributed by atoms with Gasteiger partial charge in [0.25, 0.3) is 0 Å². The third-order valence-corrected chi connectivity index (χ3v) is 2.37. The number of halogens is 1. The molecule has 0 bridgehead atoms. The van der Waals surface area contributed by atoms with Crippen molar-refractivity contribution in [2.45, 2.75) is 19.9 Å². The Labute approximate surface area is 71.6 Å².